The summed E-state index contributed by atoms with van der Waals surface area (Å²) in [6.45, 7) is 8.20. The lowest BCUT2D eigenvalue weighted by Gasteiger charge is -2.31. The number of rotatable bonds is 4. The molecule has 0 aliphatic carbocycles. The molecule has 0 aromatic heterocycles. The third kappa shape index (κ3) is 6.13. The molecule has 0 aromatic rings. The molecule has 0 amide bonds. The van der Waals surface area contributed by atoms with E-state index in [2.05, 4.69) is 63.7 Å². The average molecular weight is 446 g/mol. The second-order valence-electron chi connectivity index (χ2n) is 3.90. The van der Waals surface area contributed by atoms with E-state index in [0.29, 0.717) is 0 Å². The van der Waals surface area contributed by atoms with Crippen molar-refractivity contribution >= 4 is 63.7 Å². The molecule has 0 spiro atoms. The quantitative estimate of drug-likeness (QED) is 0.565. The van der Waals surface area contributed by atoms with Crippen molar-refractivity contribution in [3.05, 3.63) is 0 Å². The Hall–Kier alpha value is 1.88. The molecule has 0 aliphatic heterocycles. The monoisotopic (exact) mass is 442 g/mol. The van der Waals surface area contributed by atoms with Crippen LogP contribution in [0, 0.1) is 0 Å². The SMILES string of the molecule is CC(C)(Br)C(Br)OC(Br)C(C)(C)Br. The average Bonchev–Trinajstić information content (AvgIpc) is 1.82. The van der Waals surface area contributed by atoms with Gasteiger partial charge in [-0.1, -0.05) is 63.7 Å². The Bertz CT molecular complexity index is 141. The van der Waals surface area contributed by atoms with Crippen LogP contribution in [0.4, 0.5) is 0 Å². The molecule has 0 bridgehead atoms. The van der Waals surface area contributed by atoms with Gasteiger partial charge in [-0.25, -0.2) is 0 Å². The molecule has 5 heteroatoms. The summed E-state index contributed by atoms with van der Waals surface area (Å²) in [4.78, 5) is 0. The maximum absolute atomic E-state index is 5.72. The van der Waals surface area contributed by atoms with Crippen molar-refractivity contribution < 1.29 is 4.74 Å². The molecule has 0 fully saturated rings. The molecule has 0 radical (unpaired) electrons. The van der Waals surface area contributed by atoms with Gasteiger partial charge in [0.1, 0.15) is 10.0 Å². The van der Waals surface area contributed by atoms with Crippen LogP contribution in [0.15, 0.2) is 0 Å². The first-order valence-electron chi connectivity index (χ1n) is 3.86. The van der Waals surface area contributed by atoms with Gasteiger partial charge >= 0.3 is 0 Å². The topological polar surface area (TPSA) is 9.23 Å². The van der Waals surface area contributed by atoms with E-state index < -0.39 is 0 Å². The first-order chi connectivity index (χ1) is 5.55. The highest BCUT2D eigenvalue weighted by atomic mass is 79.9. The maximum Gasteiger partial charge on any atom is 0.128 e. The predicted octanol–water partition coefficient (Wildman–Crippen LogP) is 4.79. The Balaban J connectivity index is 4.15. The number of halogens is 4. The van der Waals surface area contributed by atoms with Crippen LogP contribution >= 0.6 is 63.7 Å². The first-order valence-corrected chi connectivity index (χ1v) is 7.28. The lowest BCUT2D eigenvalue weighted by molar-refractivity contribution is 0.0703. The molecular weight excluding hydrogens is 432 g/mol. The molecule has 0 aliphatic rings. The van der Waals surface area contributed by atoms with Crippen LogP contribution in [0.2, 0.25) is 0 Å². The highest BCUT2D eigenvalue weighted by Gasteiger charge is 2.32. The lowest BCUT2D eigenvalue weighted by Crippen LogP contribution is -2.35. The van der Waals surface area contributed by atoms with E-state index in [-0.39, 0.29) is 18.7 Å². The van der Waals surface area contributed by atoms with E-state index >= 15 is 0 Å². The van der Waals surface area contributed by atoms with Gasteiger partial charge in [0.2, 0.25) is 0 Å². The Morgan fingerprint density at radius 3 is 1.23 bits per heavy atom. The van der Waals surface area contributed by atoms with Gasteiger partial charge in [0, 0.05) is 0 Å². The fourth-order valence-corrected chi connectivity index (χ4v) is 1.37. The summed E-state index contributed by atoms with van der Waals surface area (Å²) in [6.07, 6.45) is 0. The lowest BCUT2D eigenvalue weighted by atomic mass is 10.2. The molecule has 0 aromatic carbocycles. The summed E-state index contributed by atoms with van der Waals surface area (Å²) in [6, 6.07) is 0. The van der Waals surface area contributed by atoms with Gasteiger partial charge in [0.15, 0.2) is 0 Å². The van der Waals surface area contributed by atoms with E-state index in [1.165, 1.54) is 0 Å². The van der Waals surface area contributed by atoms with Crippen molar-refractivity contribution in [2.45, 2.75) is 46.4 Å². The largest absolute Gasteiger partial charge is 0.350 e. The molecular formula is C8H14Br4O. The number of hydrogen-bond donors (Lipinski definition) is 0. The van der Waals surface area contributed by atoms with E-state index in [4.69, 9.17) is 4.74 Å². The summed E-state index contributed by atoms with van der Waals surface area (Å²) in [5.41, 5.74) is 0. The molecule has 2 atom stereocenters. The number of ether oxygens (including phenoxy) is 1. The second-order valence-corrected chi connectivity index (χ2v) is 9.65. The zero-order valence-electron chi connectivity index (χ0n) is 8.07. The first kappa shape index (κ1) is 14.9. The molecule has 80 valence electrons. The van der Waals surface area contributed by atoms with Gasteiger partial charge in [-0.15, -0.1) is 0 Å². The van der Waals surface area contributed by atoms with Crippen LogP contribution < -0.4 is 0 Å². The normalized spacial score (nSPS) is 18.5. The van der Waals surface area contributed by atoms with Crippen LogP contribution in [0.25, 0.3) is 0 Å². The molecule has 1 nitrogen and oxygen atoms in total. The number of alkyl halides is 4. The summed E-state index contributed by atoms with van der Waals surface area (Å²) in [5.74, 6) is 0. The Kier molecular flexibility index (Phi) is 6.05. The van der Waals surface area contributed by atoms with Crippen molar-refractivity contribution in [2.24, 2.45) is 0 Å². The Morgan fingerprint density at radius 2 is 1.08 bits per heavy atom. The predicted molar refractivity (Wildman–Crippen MR) is 72.5 cm³/mol. The minimum Gasteiger partial charge on any atom is -0.350 e. The number of hydrogen-bond acceptors (Lipinski definition) is 1. The van der Waals surface area contributed by atoms with Crippen LogP contribution in [0.3, 0.4) is 0 Å². The highest BCUT2D eigenvalue weighted by molar-refractivity contribution is 9.13. The van der Waals surface area contributed by atoms with E-state index in [9.17, 15) is 0 Å². The van der Waals surface area contributed by atoms with E-state index in [1.807, 2.05) is 27.7 Å². The van der Waals surface area contributed by atoms with Crippen LogP contribution in [0.5, 0.6) is 0 Å². The minimum atomic E-state index is -0.0860. The third-order valence-corrected chi connectivity index (χ3v) is 6.10. The van der Waals surface area contributed by atoms with Gasteiger partial charge in [0.05, 0.1) is 8.65 Å². The summed E-state index contributed by atoms with van der Waals surface area (Å²) < 4.78 is 5.55. The highest BCUT2D eigenvalue weighted by Crippen LogP contribution is 2.35. The Morgan fingerprint density at radius 1 is 0.846 bits per heavy atom. The van der Waals surface area contributed by atoms with Gasteiger partial charge in [-0.05, 0) is 27.7 Å². The summed E-state index contributed by atoms with van der Waals surface area (Å²) in [7, 11) is 0. The van der Waals surface area contributed by atoms with Crippen molar-refractivity contribution in [1.29, 1.82) is 0 Å². The molecule has 2 unspecified atom stereocenters. The van der Waals surface area contributed by atoms with E-state index in [0.717, 1.165) is 0 Å². The smallest absolute Gasteiger partial charge is 0.128 e. The maximum atomic E-state index is 5.72. The molecule has 0 heterocycles. The molecule has 0 saturated heterocycles. The molecule has 13 heavy (non-hydrogen) atoms. The second kappa shape index (κ2) is 5.28. The van der Waals surface area contributed by atoms with Crippen molar-refractivity contribution in [1.82, 2.24) is 0 Å². The van der Waals surface area contributed by atoms with Crippen LogP contribution in [-0.4, -0.2) is 18.7 Å². The van der Waals surface area contributed by atoms with Gasteiger partial charge < -0.3 is 4.74 Å². The molecule has 0 saturated carbocycles. The fraction of sp³-hybridized carbons (Fsp3) is 1.00. The van der Waals surface area contributed by atoms with Crippen molar-refractivity contribution in [3.8, 4) is 0 Å². The zero-order valence-corrected chi connectivity index (χ0v) is 14.4. The van der Waals surface area contributed by atoms with Gasteiger partial charge in [-0.2, -0.15) is 0 Å². The minimum absolute atomic E-state index is 0.0406. The van der Waals surface area contributed by atoms with Crippen LogP contribution in [-0.2, 0) is 4.74 Å². The molecule has 0 N–H and O–H groups in total. The summed E-state index contributed by atoms with van der Waals surface area (Å²) >= 11 is 14.0. The molecule has 0 rings (SSSR count). The fourth-order valence-electron chi connectivity index (χ4n) is 0.428. The zero-order chi connectivity index (χ0) is 10.9. The summed E-state index contributed by atoms with van der Waals surface area (Å²) in [5, 5.41) is -0.0811. The van der Waals surface area contributed by atoms with E-state index in [1.54, 1.807) is 0 Å². The van der Waals surface area contributed by atoms with Gasteiger partial charge in [-0.3, -0.25) is 0 Å². The van der Waals surface area contributed by atoms with Crippen LogP contribution in [0.1, 0.15) is 27.7 Å². The third-order valence-electron chi connectivity index (χ3n) is 1.32. The standard InChI is InChI=1S/C8H14Br4O/c1-7(2,11)5(9)13-6(10)8(3,4)12/h5-6H,1-4H3. The van der Waals surface area contributed by atoms with Gasteiger partial charge in [0.25, 0.3) is 0 Å². The Labute approximate surface area is 114 Å². The van der Waals surface area contributed by atoms with Crippen molar-refractivity contribution in [3.63, 3.8) is 0 Å². The van der Waals surface area contributed by atoms with Crippen molar-refractivity contribution in [2.75, 3.05) is 0 Å².